The molecule has 12 heteroatoms. The molecule has 1 aliphatic rings. The molecule has 2 aromatic heterocycles. The molecule has 8 nitrogen and oxygen atoms in total. The molecule has 3 rings (SSSR count). The fourth-order valence-corrected chi connectivity index (χ4v) is 4.17. The van der Waals surface area contributed by atoms with E-state index in [1.165, 1.54) is 0 Å². The first-order valence-corrected chi connectivity index (χ1v) is 14.1. The van der Waals surface area contributed by atoms with Crippen LogP contribution >= 0.6 is 11.6 Å². The summed E-state index contributed by atoms with van der Waals surface area (Å²) in [5.74, 6) is -1.08. The van der Waals surface area contributed by atoms with Crippen LogP contribution in [0.5, 0.6) is 5.88 Å². The number of aromatic nitrogens is 4. The normalized spacial score (nSPS) is 17.3. The van der Waals surface area contributed by atoms with Gasteiger partial charge in [0.2, 0.25) is 11.1 Å². The SMILES string of the molecule is CC(C)(C)[Si](C)(C)OC[C@@H]1COCCN1c1nc(Cl)nc(OCCc2ncc(F)cn2)c1F. The largest absolute Gasteiger partial charge is 0.475 e. The molecular weight excluding hydrogens is 472 g/mol. The lowest BCUT2D eigenvalue weighted by Crippen LogP contribution is -2.52. The second kappa shape index (κ2) is 10.5. The van der Waals surface area contributed by atoms with E-state index in [2.05, 4.69) is 53.8 Å². The van der Waals surface area contributed by atoms with E-state index in [0.717, 1.165) is 12.4 Å². The molecule has 0 aromatic carbocycles. The van der Waals surface area contributed by atoms with Gasteiger partial charge in [-0.3, -0.25) is 0 Å². The van der Waals surface area contributed by atoms with Gasteiger partial charge in [-0.05, 0) is 29.7 Å². The summed E-state index contributed by atoms with van der Waals surface area (Å²) >= 11 is 6.09. The minimum absolute atomic E-state index is 0.0381. The Hall–Kier alpha value is -1.95. The van der Waals surface area contributed by atoms with E-state index in [1.807, 2.05) is 0 Å². The number of hydrogen-bond acceptors (Lipinski definition) is 8. The van der Waals surface area contributed by atoms with Gasteiger partial charge in [0.25, 0.3) is 5.88 Å². The smallest absolute Gasteiger partial charge is 0.257 e. The monoisotopic (exact) mass is 501 g/mol. The molecule has 0 N–H and O–H groups in total. The molecule has 0 spiro atoms. The standard InChI is InChI=1S/C21H30ClF2N5O3Si/c1-21(2,3)33(4,5)32-13-15-12-30-9-7-29(15)18-17(24)19(28-20(22)27-18)31-8-6-16-25-10-14(23)11-26-16/h10-11,15H,6-9,12-13H2,1-5H3/t15-/m0/s1. The number of morpholine rings is 1. The molecule has 3 heterocycles. The van der Waals surface area contributed by atoms with Gasteiger partial charge in [-0.15, -0.1) is 0 Å². The molecule has 2 aromatic rings. The first-order chi connectivity index (χ1) is 15.5. The number of nitrogens with zero attached hydrogens (tertiary/aromatic N) is 5. The van der Waals surface area contributed by atoms with Gasteiger partial charge in [0.15, 0.2) is 20.0 Å². The lowest BCUT2D eigenvalue weighted by molar-refractivity contribution is 0.0735. The van der Waals surface area contributed by atoms with Gasteiger partial charge in [-0.1, -0.05) is 20.8 Å². The van der Waals surface area contributed by atoms with E-state index in [0.29, 0.717) is 32.2 Å². The summed E-state index contributed by atoms with van der Waals surface area (Å²) in [4.78, 5) is 17.5. The van der Waals surface area contributed by atoms with Crippen LogP contribution in [0.25, 0.3) is 0 Å². The Morgan fingerprint density at radius 2 is 1.91 bits per heavy atom. The Labute approximate surface area is 198 Å². The summed E-state index contributed by atoms with van der Waals surface area (Å²) < 4.78 is 45.8. The first-order valence-electron chi connectivity index (χ1n) is 10.8. The molecule has 1 atom stereocenters. The third kappa shape index (κ3) is 6.56. The molecular formula is C21H30ClF2N5O3Si. The summed E-state index contributed by atoms with van der Waals surface area (Å²) in [6.45, 7) is 12.5. The van der Waals surface area contributed by atoms with Crippen LogP contribution in [0.2, 0.25) is 23.4 Å². The number of anilines is 1. The van der Waals surface area contributed by atoms with E-state index in [-0.39, 0.29) is 41.1 Å². The van der Waals surface area contributed by atoms with Gasteiger partial charge < -0.3 is 18.8 Å². The zero-order chi connectivity index (χ0) is 24.2. The second-order valence-corrected chi connectivity index (χ2v) is 14.5. The highest BCUT2D eigenvalue weighted by molar-refractivity contribution is 6.74. The van der Waals surface area contributed by atoms with Crippen molar-refractivity contribution in [1.29, 1.82) is 0 Å². The fraction of sp³-hybridized carbons (Fsp3) is 0.619. The zero-order valence-electron chi connectivity index (χ0n) is 19.6. The van der Waals surface area contributed by atoms with Gasteiger partial charge in [-0.2, -0.15) is 14.4 Å². The van der Waals surface area contributed by atoms with Gasteiger partial charge >= 0.3 is 0 Å². The lowest BCUT2D eigenvalue weighted by Gasteiger charge is -2.41. The van der Waals surface area contributed by atoms with E-state index in [1.54, 1.807) is 4.90 Å². The molecule has 1 fully saturated rings. The highest BCUT2D eigenvalue weighted by Gasteiger charge is 2.39. The van der Waals surface area contributed by atoms with Crippen LogP contribution in [0.3, 0.4) is 0 Å². The molecule has 0 aliphatic carbocycles. The van der Waals surface area contributed by atoms with Crippen LogP contribution in [0, 0.1) is 11.6 Å². The molecule has 0 saturated carbocycles. The third-order valence-electron chi connectivity index (χ3n) is 5.96. The molecule has 0 amide bonds. The van der Waals surface area contributed by atoms with Crippen molar-refractivity contribution in [1.82, 2.24) is 19.9 Å². The number of hydrogen-bond donors (Lipinski definition) is 0. The second-order valence-electron chi connectivity index (χ2n) is 9.34. The van der Waals surface area contributed by atoms with Crippen molar-refractivity contribution >= 4 is 25.7 Å². The Morgan fingerprint density at radius 3 is 2.58 bits per heavy atom. The third-order valence-corrected chi connectivity index (χ3v) is 10.6. The number of ether oxygens (including phenoxy) is 2. The molecule has 0 radical (unpaired) electrons. The Morgan fingerprint density at radius 1 is 1.21 bits per heavy atom. The number of halogens is 3. The molecule has 0 unspecified atom stereocenters. The van der Waals surface area contributed by atoms with Gasteiger partial charge in [0.1, 0.15) is 5.82 Å². The van der Waals surface area contributed by atoms with Crippen LogP contribution in [0.15, 0.2) is 12.4 Å². The highest BCUT2D eigenvalue weighted by Crippen LogP contribution is 2.37. The van der Waals surface area contributed by atoms with E-state index in [9.17, 15) is 4.39 Å². The van der Waals surface area contributed by atoms with Crippen molar-refractivity contribution in [3.05, 3.63) is 35.1 Å². The summed E-state index contributed by atoms with van der Waals surface area (Å²) in [5, 5.41) is -0.0819. The Kier molecular flexibility index (Phi) is 8.20. The molecule has 1 aliphatic heterocycles. The molecule has 182 valence electrons. The minimum atomic E-state index is -2.00. The summed E-state index contributed by atoms with van der Waals surface area (Å²) in [7, 11) is -2.00. The molecule has 33 heavy (non-hydrogen) atoms. The van der Waals surface area contributed by atoms with Crippen molar-refractivity contribution in [3.63, 3.8) is 0 Å². The maximum absolute atomic E-state index is 15.3. The van der Waals surface area contributed by atoms with Crippen molar-refractivity contribution in [2.45, 2.75) is 51.4 Å². The van der Waals surface area contributed by atoms with E-state index in [4.69, 9.17) is 25.5 Å². The maximum atomic E-state index is 15.3. The van der Waals surface area contributed by atoms with Crippen molar-refractivity contribution in [2.75, 3.05) is 37.9 Å². The van der Waals surface area contributed by atoms with Crippen LogP contribution in [0.1, 0.15) is 26.6 Å². The van der Waals surface area contributed by atoms with E-state index < -0.39 is 20.0 Å². The van der Waals surface area contributed by atoms with Crippen molar-refractivity contribution in [3.8, 4) is 5.88 Å². The maximum Gasteiger partial charge on any atom is 0.257 e. The zero-order valence-corrected chi connectivity index (χ0v) is 21.3. The Balaban J connectivity index is 1.73. The van der Waals surface area contributed by atoms with Crippen LogP contribution in [0.4, 0.5) is 14.6 Å². The predicted molar refractivity (Wildman–Crippen MR) is 123 cm³/mol. The van der Waals surface area contributed by atoms with Crippen LogP contribution in [-0.4, -0.2) is 67.3 Å². The minimum Gasteiger partial charge on any atom is -0.475 e. The fourth-order valence-electron chi connectivity index (χ4n) is 2.98. The Bertz CT molecular complexity index is 947. The summed E-state index contributed by atoms with van der Waals surface area (Å²) in [6, 6.07) is -0.228. The van der Waals surface area contributed by atoms with Gasteiger partial charge in [-0.25, -0.2) is 14.4 Å². The summed E-state index contributed by atoms with van der Waals surface area (Å²) in [6.07, 6.45) is 2.37. The average Bonchev–Trinajstić information content (AvgIpc) is 2.75. The van der Waals surface area contributed by atoms with Crippen LogP contribution < -0.4 is 9.64 Å². The van der Waals surface area contributed by atoms with Crippen LogP contribution in [-0.2, 0) is 15.6 Å². The van der Waals surface area contributed by atoms with Gasteiger partial charge in [0.05, 0.1) is 44.9 Å². The quantitative estimate of drug-likeness (QED) is 0.396. The summed E-state index contributed by atoms with van der Waals surface area (Å²) in [5.41, 5.74) is 0. The lowest BCUT2D eigenvalue weighted by atomic mass is 10.2. The predicted octanol–water partition coefficient (Wildman–Crippen LogP) is 4.05. The van der Waals surface area contributed by atoms with E-state index >= 15 is 4.39 Å². The highest BCUT2D eigenvalue weighted by atomic mass is 35.5. The molecule has 1 saturated heterocycles. The first kappa shape index (κ1) is 25.7. The van der Waals surface area contributed by atoms with Crippen molar-refractivity contribution in [2.24, 2.45) is 0 Å². The average molecular weight is 502 g/mol. The molecule has 0 bridgehead atoms. The number of rotatable bonds is 8. The topological polar surface area (TPSA) is 82.5 Å². The van der Waals surface area contributed by atoms with Gasteiger partial charge in [0, 0.05) is 13.0 Å². The van der Waals surface area contributed by atoms with Crippen molar-refractivity contribution < 1.29 is 22.7 Å².